The molecule has 0 bridgehead atoms. The summed E-state index contributed by atoms with van der Waals surface area (Å²) in [4.78, 5) is 119. The lowest BCUT2D eigenvalue weighted by Gasteiger charge is -2.14. The Morgan fingerprint density at radius 3 is 1.06 bits per heavy atom. The van der Waals surface area contributed by atoms with E-state index in [1.54, 1.807) is 0 Å². The molecule has 0 fully saturated rings. The summed E-state index contributed by atoms with van der Waals surface area (Å²) in [5.74, 6) is -5.04. The monoisotopic (exact) mass is 990 g/mol. The first kappa shape index (κ1) is 57.6. The van der Waals surface area contributed by atoms with Crippen LogP contribution >= 0.6 is 0 Å². The summed E-state index contributed by atoms with van der Waals surface area (Å²) in [7, 11) is 0. The average Bonchev–Trinajstić information content (AvgIpc) is 3.39. The Morgan fingerprint density at radius 1 is 0.361 bits per heavy atom. The van der Waals surface area contributed by atoms with Crippen molar-refractivity contribution in [3.8, 4) is 11.5 Å². The minimum Gasteiger partial charge on any atom is -0.434 e. The van der Waals surface area contributed by atoms with Crippen LogP contribution in [0, 0.1) is 0 Å². The summed E-state index contributed by atoms with van der Waals surface area (Å²) in [6.45, 7) is 8.50. The Morgan fingerprint density at radius 2 is 0.694 bits per heavy atom. The number of carbonyl (C=O) groups excluding carboxylic acids is 8. The molecule has 0 N–H and O–H groups in total. The van der Waals surface area contributed by atoms with E-state index in [9.17, 15) is 38.4 Å². The van der Waals surface area contributed by atoms with Gasteiger partial charge in [-0.1, -0.05) is 154 Å². The lowest BCUT2D eigenvalue weighted by Crippen LogP contribution is -2.19. The molecule has 386 valence electrons. The van der Waals surface area contributed by atoms with Crippen LogP contribution < -0.4 is 9.47 Å². The molecule has 0 aliphatic carbocycles. The molecule has 0 unspecified atom stereocenters. The quantitative estimate of drug-likeness (QED) is 0.0112. The van der Waals surface area contributed by atoms with E-state index in [4.69, 9.17) is 28.7 Å². The van der Waals surface area contributed by atoms with Gasteiger partial charge in [-0.05, 0) is 74.2 Å². The third-order valence-electron chi connectivity index (χ3n) is 11.9. The summed E-state index contributed by atoms with van der Waals surface area (Å²) in [6.07, 6.45) is 14.4. The molecule has 0 saturated carbocycles. The summed E-state index contributed by atoms with van der Waals surface area (Å²) < 4.78 is 21.5. The predicted molar refractivity (Wildman–Crippen MR) is 271 cm³/mol. The van der Waals surface area contributed by atoms with Gasteiger partial charge in [-0.2, -0.15) is 0 Å². The fourth-order valence-electron chi connectivity index (χ4n) is 7.79. The van der Waals surface area contributed by atoms with Crippen molar-refractivity contribution in [1.82, 2.24) is 0 Å². The molecule has 4 aromatic rings. The zero-order valence-electron chi connectivity index (χ0n) is 42.4. The van der Waals surface area contributed by atoms with Crippen LogP contribution in [0.2, 0.25) is 0 Å². The molecule has 0 aliphatic heterocycles. The number of hydrogen-bond donors (Lipinski definition) is 0. The van der Waals surface area contributed by atoms with Crippen LogP contribution in [0.1, 0.15) is 229 Å². The van der Waals surface area contributed by atoms with Crippen molar-refractivity contribution in [2.45, 2.75) is 156 Å². The Balaban J connectivity index is 1.59. The zero-order valence-corrected chi connectivity index (χ0v) is 42.4. The molecule has 0 saturated heterocycles. The van der Waals surface area contributed by atoms with E-state index in [1.807, 2.05) is 0 Å². The maximum absolute atomic E-state index is 14.4. The maximum atomic E-state index is 14.4. The topological polar surface area (TPSA) is 192 Å². The van der Waals surface area contributed by atoms with Gasteiger partial charge in [0.2, 0.25) is 0 Å². The van der Waals surface area contributed by atoms with Gasteiger partial charge >= 0.3 is 24.2 Å². The van der Waals surface area contributed by atoms with Crippen molar-refractivity contribution in [3.05, 3.63) is 129 Å². The van der Waals surface area contributed by atoms with E-state index < -0.39 is 35.8 Å². The average molecular weight is 991 g/mol. The highest BCUT2D eigenvalue weighted by atomic mass is 17.2. The Kier molecular flexibility index (Phi) is 25.7. The van der Waals surface area contributed by atoms with Gasteiger partial charge in [-0.25, -0.2) is 29.0 Å². The second-order valence-corrected chi connectivity index (χ2v) is 17.6. The molecule has 4 rings (SSSR count). The standard InChI is InChI=1S/C58H70O14/c1-5-9-13-17-19-31-49(59)41-33-35-51(69-57(65)67-37-25-15-11-7-3)47(39-41)53(61)43-27-21-23-29-45(43)55(63)71-72-56(64)46-30-24-22-28-44(46)54(62)48-40-42(50(60)32-20-18-14-10-6-2)34-36-52(48)70-58(66)68-38-26-16-12-8-4/h21-24,27-30,33-36,39-40H,5-20,25-26,31-32,37-38H2,1-4H3. The highest BCUT2D eigenvalue weighted by Gasteiger charge is 2.29. The van der Waals surface area contributed by atoms with Gasteiger partial charge in [-0.3, -0.25) is 19.2 Å². The second kappa shape index (κ2) is 32.1. The lowest BCUT2D eigenvalue weighted by molar-refractivity contribution is -0.187. The molecule has 14 nitrogen and oxygen atoms in total. The first-order valence-corrected chi connectivity index (χ1v) is 25.7. The third-order valence-corrected chi connectivity index (χ3v) is 11.9. The van der Waals surface area contributed by atoms with Gasteiger partial charge < -0.3 is 18.9 Å². The third kappa shape index (κ3) is 18.7. The second-order valence-electron chi connectivity index (χ2n) is 17.6. The molecular formula is C58H70O14. The van der Waals surface area contributed by atoms with E-state index in [-0.39, 0.29) is 93.6 Å². The molecule has 0 aromatic heterocycles. The number of unbranched alkanes of at least 4 members (excludes halogenated alkanes) is 14. The first-order chi connectivity index (χ1) is 34.9. The molecule has 0 heterocycles. The van der Waals surface area contributed by atoms with Crippen LogP contribution in [0.15, 0.2) is 84.9 Å². The Labute approximate surface area is 423 Å². The SMILES string of the molecule is CCCCCCCC(=O)c1ccc(OC(=O)OCCCCCC)c(C(=O)c2ccccc2C(=O)OOC(=O)c2ccccc2C(=O)c2cc(C(=O)CCCCCCC)ccc2OC(=O)OCCCCCC)c1. The molecule has 72 heavy (non-hydrogen) atoms. The van der Waals surface area contributed by atoms with Crippen molar-refractivity contribution in [2.24, 2.45) is 0 Å². The van der Waals surface area contributed by atoms with Crippen molar-refractivity contribution in [2.75, 3.05) is 13.2 Å². The number of hydrogen-bond acceptors (Lipinski definition) is 14. The van der Waals surface area contributed by atoms with Crippen LogP contribution in [0.5, 0.6) is 11.5 Å². The molecule has 0 aliphatic rings. The van der Waals surface area contributed by atoms with Crippen LogP contribution in [-0.2, 0) is 19.2 Å². The molecule has 4 aromatic carbocycles. The number of Topliss-reactive ketones (excluding diaryl/α,β-unsaturated/α-hetero) is 2. The highest BCUT2D eigenvalue weighted by Crippen LogP contribution is 2.29. The van der Waals surface area contributed by atoms with Gasteiger partial charge in [-0.15, -0.1) is 0 Å². The van der Waals surface area contributed by atoms with Crippen LogP contribution in [-0.4, -0.2) is 60.6 Å². The fourth-order valence-corrected chi connectivity index (χ4v) is 7.79. The summed E-state index contributed by atoms with van der Waals surface area (Å²) >= 11 is 0. The number of rotatable bonds is 32. The zero-order chi connectivity index (χ0) is 52.1. The molecule has 0 radical (unpaired) electrons. The molecule has 14 heteroatoms. The van der Waals surface area contributed by atoms with Crippen LogP contribution in [0.3, 0.4) is 0 Å². The Hall–Kier alpha value is -6.96. The number of benzene rings is 4. The van der Waals surface area contributed by atoms with Crippen LogP contribution in [0.4, 0.5) is 9.59 Å². The lowest BCUT2D eigenvalue weighted by atomic mass is 9.94. The number of ketones is 4. The predicted octanol–water partition coefficient (Wildman–Crippen LogP) is 14.4. The minimum atomic E-state index is -1.27. The van der Waals surface area contributed by atoms with Crippen molar-refractivity contribution >= 4 is 47.4 Å². The highest BCUT2D eigenvalue weighted by molar-refractivity contribution is 6.18. The summed E-state index contributed by atoms with van der Waals surface area (Å²) in [5.41, 5.74) is -1.18. The summed E-state index contributed by atoms with van der Waals surface area (Å²) in [5, 5.41) is 0. The molecular weight excluding hydrogens is 921 g/mol. The molecule has 0 spiro atoms. The van der Waals surface area contributed by atoms with Gasteiger partial charge in [0.15, 0.2) is 23.1 Å². The maximum Gasteiger partial charge on any atom is 0.513 e. The van der Waals surface area contributed by atoms with E-state index in [2.05, 4.69) is 27.7 Å². The normalized spacial score (nSPS) is 10.8. The van der Waals surface area contributed by atoms with Gasteiger partial charge in [0.1, 0.15) is 11.5 Å². The Bertz CT molecular complexity index is 2280. The van der Waals surface area contributed by atoms with Gasteiger partial charge in [0, 0.05) is 35.1 Å². The largest absolute Gasteiger partial charge is 0.513 e. The fraction of sp³-hybridized carbons (Fsp3) is 0.448. The first-order valence-electron chi connectivity index (χ1n) is 25.7. The smallest absolute Gasteiger partial charge is 0.434 e. The van der Waals surface area contributed by atoms with E-state index in [0.717, 1.165) is 89.9 Å². The summed E-state index contributed by atoms with van der Waals surface area (Å²) in [6, 6.07) is 19.2. The number of ether oxygens (including phenoxy) is 4. The van der Waals surface area contributed by atoms with Gasteiger partial charge in [0.05, 0.1) is 35.5 Å². The van der Waals surface area contributed by atoms with Crippen molar-refractivity contribution in [1.29, 1.82) is 0 Å². The molecule has 0 atom stereocenters. The van der Waals surface area contributed by atoms with E-state index >= 15 is 0 Å². The van der Waals surface area contributed by atoms with Gasteiger partial charge in [0.25, 0.3) is 0 Å². The van der Waals surface area contributed by atoms with E-state index in [1.165, 1.54) is 84.9 Å². The number of carbonyl (C=O) groups is 8. The van der Waals surface area contributed by atoms with Crippen molar-refractivity contribution in [3.63, 3.8) is 0 Å². The van der Waals surface area contributed by atoms with Crippen molar-refractivity contribution < 1.29 is 67.1 Å². The molecule has 0 amide bonds. The minimum absolute atomic E-state index is 0.0987. The van der Waals surface area contributed by atoms with Crippen LogP contribution in [0.25, 0.3) is 0 Å². The van der Waals surface area contributed by atoms with E-state index in [0.29, 0.717) is 25.7 Å².